The van der Waals surface area contributed by atoms with Crippen molar-refractivity contribution in [1.82, 2.24) is 0 Å². The molecular formula is C16H34OP+. The van der Waals surface area contributed by atoms with E-state index in [1.165, 1.54) is 12.8 Å². The Morgan fingerprint density at radius 2 is 1.06 bits per heavy atom. The van der Waals surface area contributed by atoms with Gasteiger partial charge in [-0.1, -0.05) is 60.0 Å². The van der Waals surface area contributed by atoms with Gasteiger partial charge < -0.3 is 0 Å². The Morgan fingerprint density at radius 1 is 0.778 bits per heavy atom. The molecule has 0 aromatic carbocycles. The van der Waals surface area contributed by atoms with Crippen molar-refractivity contribution in [3.8, 4) is 0 Å². The highest BCUT2D eigenvalue weighted by molar-refractivity contribution is 7.44. The molecule has 0 radical (unpaired) electrons. The first kappa shape index (κ1) is 18.1. The number of hydrogen-bond donors (Lipinski definition) is 0. The zero-order valence-corrected chi connectivity index (χ0v) is 14.7. The smallest absolute Gasteiger partial charge is 0.0748 e. The zero-order valence-electron chi connectivity index (χ0n) is 13.8. The molecule has 0 saturated carbocycles. The van der Waals surface area contributed by atoms with Crippen LogP contribution in [0.4, 0.5) is 0 Å². The average molecular weight is 273 g/mol. The fraction of sp³-hybridized carbons (Fsp3) is 1.00. The van der Waals surface area contributed by atoms with Crippen molar-refractivity contribution in [2.24, 2.45) is 22.7 Å². The Balaban J connectivity index is 4.04. The zero-order chi connectivity index (χ0) is 14.6. The predicted octanol–water partition coefficient (Wildman–Crippen LogP) is 5.96. The lowest BCUT2D eigenvalue weighted by Crippen LogP contribution is -2.15. The Kier molecular flexibility index (Phi) is 7.07. The molecule has 108 valence electrons. The summed E-state index contributed by atoms with van der Waals surface area (Å²) in [6.07, 6.45) is 4.14. The summed E-state index contributed by atoms with van der Waals surface area (Å²) >= 11 is 0. The maximum atomic E-state index is 12.2. The fourth-order valence-electron chi connectivity index (χ4n) is 2.99. The summed E-state index contributed by atoms with van der Waals surface area (Å²) in [5.41, 5.74) is 0.708. The fourth-order valence-corrected chi connectivity index (χ4v) is 4.79. The molecule has 2 heteroatoms. The van der Waals surface area contributed by atoms with Crippen LogP contribution in [0.5, 0.6) is 0 Å². The second-order valence-electron chi connectivity index (χ2n) is 8.59. The van der Waals surface area contributed by atoms with Crippen LogP contribution in [0.25, 0.3) is 0 Å². The van der Waals surface area contributed by atoms with E-state index in [2.05, 4.69) is 55.4 Å². The lowest BCUT2D eigenvalue weighted by Gasteiger charge is -2.22. The molecule has 0 fully saturated rings. The lowest BCUT2D eigenvalue weighted by atomic mass is 9.86. The Morgan fingerprint density at radius 3 is 1.28 bits per heavy atom. The first-order valence-corrected chi connectivity index (χ1v) is 8.94. The van der Waals surface area contributed by atoms with E-state index in [1.807, 2.05) is 0 Å². The molecule has 0 N–H and O–H groups in total. The molecule has 1 nitrogen and oxygen atoms in total. The summed E-state index contributed by atoms with van der Waals surface area (Å²) in [6.45, 7) is 18.1. The molecule has 0 saturated heterocycles. The van der Waals surface area contributed by atoms with E-state index in [9.17, 15) is 4.57 Å². The highest BCUT2D eigenvalue weighted by atomic mass is 31.1. The van der Waals surface area contributed by atoms with Gasteiger partial charge in [0, 0.05) is 11.8 Å². The van der Waals surface area contributed by atoms with E-state index < -0.39 is 7.80 Å². The van der Waals surface area contributed by atoms with Gasteiger partial charge in [0.05, 0.1) is 0 Å². The first-order valence-electron chi connectivity index (χ1n) is 7.31. The molecular weight excluding hydrogens is 239 g/mol. The standard InChI is InChI=1S/C16H34OP/c1-13(9-15(3,4)5)11-18(17)12-14(2)10-16(6,7)8/h13-14H,9-12H2,1-8H3/q+1. The largest absolute Gasteiger partial charge is 0.339 e. The number of hydrogen-bond acceptors (Lipinski definition) is 1. The summed E-state index contributed by atoms with van der Waals surface area (Å²) in [7, 11) is -1.02. The van der Waals surface area contributed by atoms with E-state index in [0.717, 1.165) is 12.3 Å². The molecule has 0 rings (SSSR count). The molecule has 0 amide bonds. The first-order chi connectivity index (χ1) is 7.89. The van der Waals surface area contributed by atoms with Crippen LogP contribution in [-0.4, -0.2) is 12.3 Å². The van der Waals surface area contributed by atoms with E-state index in [1.54, 1.807) is 0 Å². The minimum Gasteiger partial charge on any atom is -0.0748 e. The summed E-state index contributed by atoms with van der Waals surface area (Å²) in [5, 5.41) is 0. The molecule has 0 aliphatic carbocycles. The maximum Gasteiger partial charge on any atom is 0.339 e. The average Bonchev–Trinajstić information content (AvgIpc) is 1.92. The molecule has 0 aliphatic heterocycles. The van der Waals surface area contributed by atoms with Crippen LogP contribution in [0, 0.1) is 22.7 Å². The quantitative estimate of drug-likeness (QED) is 0.546. The molecule has 0 bridgehead atoms. The van der Waals surface area contributed by atoms with Gasteiger partial charge in [0.15, 0.2) is 0 Å². The van der Waals surface area contributed by atoms with Crippen molar-refractivity contribution in [2.45, 2.75) is 68.2 Å². The second-order valence-corrected chi connectivity index (χ2v) is 10.3. The van der Waals surface area contributed by atoms with Gasteiger partial charge in [-0.15, -0.1) is 0 Å². The van der Waals surface area contributed by atoms with Crippen LogP contribution in [0.1, 0.15) is 68.2 Å². The summed E-state index contributed by atoms with van der Waals surface area (Å²) in [5.74, 6) is 1.16. The van der Waals surface area contributed by atoms with Gasteiger partial charge in [-0.2, -0.15) is 0 Å². The van der Waals surface area contributed by atoms with Gasteiger partial charge in [0.1, 0.15) is 12.3 Å². The van der Waals surface area contributed by atoms with Gasteiger partial charge in [-0.05, 0) is 23.7 Å². The molecule has 0 heterocycles. The lowest BCUT2D eigenvalue weighted by molar-refractivity contribution is 0.317. The molecule has 2 unspecified atom stereocenters. The van der Waals surface area contributed by atoms with Crippen molar-refractivity contribution >= 4 is 7.80 Å². The SMILES string of the molecule is CC(C[P+](=O)CC(C)CC(C)(C)C)CC(C)(C)C. The van der Waals surface area contributed by atoms with Crippen molar-refractivity contribution in [3.63, 3.8) is 0 Å². The van der Waals surface area contributed by atoms with Crippen LogP contribution >= 0.6 is 7.80 Å². The van der Waals surface area contributed by atoms with Crippen molar-refractivity contribution < 1.29 is 4.57 Å². The van der Waals surface area contributed by atoms with E-state index >= 15 is 0 Å². The van der Waals surface area contributed by atoms with Crippen molar-refractivity contribution in [2.75, 3.05) is 12.3 Å². The summed E-state index contributed by atoms with van der Waals surface area (Å²) < 4.78 is 12.2. The third kappa shape index (κ3) is 11.2. The van der Waals surface area contributed by atoms with Gasteiger partial charge in [-0.25, -0.2) is 0 Å². The molecule has 0 aromatic heterocycles. The minimum atomic E-state index is -1.02. The van der Waals surface area contributed by atoms with Crippen LogP contribution in [-0.2, 0) is 4.57 Å². The van der Waals surface area contributed by atoms with Gasteiger partial charge in [-0.3, -0.25) is 0 Å². The van der Waals surface area contributed by atoms with Gasteiger partial charge in [0.25, 0.3) is 0 Å². The minimum absolute atomic E-state index is 0.354. The molecule has 0 spiro atoms. The van der Waals surface area contributed by atoms with Crippen LogP contribution in [0.3, 0.4) is 0 Å². The van der Waals surface area contributed by atoms with E-state index in [4.69, 9.17) is 0 Å². The Hall–Kier alpha value is 0.100. The van der Waals surface area contributed by atoms with E-state index in [0.29, 0.717) is 22.7 Å². The van der Waals surface area contributed by atoms with Crippen molar-refractivity contribution in [3.05, 3.63) is 0 Å². The highest BCUT2D eigenvalue weighted by Gasteiger charge is 2.27. The Labute approximate surface area is 116 Å². The number of rotatable bonds is 6. The van der Waals surface area contributed by atoms with Crippen molar-refractivity contribution in [1.29, 1.82) is 0 Å². The topological polar surface area (TPSA) is 17.1 Å². The summed E-state index contributed by atoms with van der Waals surface area (Å²) in [6, 6.07) is 0. The molecule has 0 aromatic rings. The summed E-state index contributed by atoms with van der Waals surface area (Å²) in [4.78, 5) is 0. The third-order valence-electron chi connectivity index (χ3n) is 2.95. The van der Waals surface area contributed by atoms with Gasteiger partial charge >= 0.3 is 7.80 Å². The molecule has 0 aliphatic rings. The van der Waals surface area contributed by atoms with Crippen LogP contribution in [0.15, 0.2) is 0 Å². The Bertz CT molecular complexity index is 231. The third-order valence-corrected chi connectivity index (χ3v) is 5.01. The predicted molar refractivity (Wildman–Crippen MR) is 83.8 cm³/mol. The van der Waals surface area contributed by atoms with Crippen LogP contribution < -0.4 is 0 Å². The van der Waals surface area contributed by atoms with E-state index in [-0.39, 0.29) is 0 Å². The van der Waals surface area contributed by atoms with Gasteiger partial charge in [0.2, 0.25) is 0 Å². The monoisotopic (exact) mass is 273 g/mol. The molecule has 2 atom stereocenters. The second kappa shape index (κ2) is 7.04. The van der Waals surface area contributed by atoms with Crippen LogP contribution in [0.2, 0.25) is 0 Å². The normalized spacial score (nSPS) is 17.4. The highest BCUT2D eigenvalue weighted by Crippen LogP contribution is 2.35. The molecule has 18 heavy (non-hydrogen) atoms. The maximum absolute atomic E-state index is 12.2.